The fourth-order valence-corrected chi connectivity index (χ4v) is 3.96. The van der Waals surface area contributed by atoms with Gasteiger partial charge in [0.1, 0.15) is 10.8 Å². The summed E-state index contributed by atoms with van der Waals surface area (Å²) in [7, 11) is 1.60. The van der Waals surface area contributed by atoms with Gasteiger partial charge in [0, 0.05) is 11.8 Å². The van der Waals surface area contributed by atoms with E-state index in [4.69, 9.17) is 14.3 Å². The molecule has 4 rings (SSSR count). The van der Waals surface area contributed by atoms with Crippen LogP contribution in [0, 0.1) is 0 Å². The zero-order valence-corrected chi connectivity index (χ0v) is 15.5. The first-order chi connectivity index (χ1) is 13.1. The van der Waals surface area contributed by atoms with Gasteiger partial charge in [-0.25, -0.2) is 4.98 Å². The number of benzene rings is 2. The summed E-state index contributed by atoms with van der Waals surface area (Å²) in [6.07, 6.45) is 2.29. The third kappa shape index (κ3) is 3.57. The number of carboxylic acids is 1. The number of nitrogens with zero attached hydrogens (tertiary/aromatic N) is 1. The molecule has 2 aromatic carbocycles. The van der Waals surface area contributed by atoms with E-state index in [1.165, 1.54) is 0 Å². The van der Waals surface area contributed by atoms with Crippen molar-refractivity contribution in [2.75, 3.05) is 7.11 Å². The van der Waals surface area contributed by atoms with Crippen LogP contribution in [0.3, 0.4) is 0 Å². The Bertz CT molecular complexity index is 1120. The molecule has 0 amide bonds. The molecular formula is C21H17NO4S. The minimum absolute atomic E-state index is 0.0330. The van der Waals surface area contributed by atoms with Gasteiger partial charge in [0.2, 0.25) is 0 Å². The Morgan fingerprint density at radius 1 is 1.22 bits per heavy atom. The standard InChI is InChI=1S/C21H17NO4S/c1-25-17-7-4-5-13-11-15(26-20(13)17)12-14(9-10-19(23)24)21-22-16-6-2-3-8-18(16)27-21/h2-8,11-12H,9-10H2,1H3,(H,23,24)/b14-12-. The van der Waals surface area contributed by atoms with Crippen molar-refractivity contribution in [2.45, 2.75) is 12.8 Å². The molecule has 0 atom stereocenters. The van der Waals surface area contributed by atoms with Gasteiger partial charge in [-0.05, 0) is 42.3 Å². The number of hydrogen-bond acceptors (Lipinski definition) is 5. The molecule has 2 heterocycles. The predicted molar refractivity (Wildman–Crippen MR) is 107 cm³/mol. The summed E-state index contributed by atoms with van der Waals surface area (Å²) >= 11 is 1.55. The molecule has 0 radical (unpaired) electrons. The molecule has 1 N–H and O–H groups in total. The fourth-order valence-electron chi connectivity index (χ4n) is 2.95. The van der Waals surface area contributed by atoms with Crippen LogP contribution in [0.2, 0.25) is 0 Å². The third-order valence-corrected chi connectivity index (χ3v) is 5.35. The van der Waals surface area contributed by atoms with E-state index in [2.05, 4.69) is 4.98 Å². The van der Waals surface area contributed by atoms with Crippen molar-refractivity contribution in [2.24, 2.45) is 0 Å². The van der Waals surface area contributed by atoms with Crippen LogP contribution in [0.4, 0.5) is 0 Å². The SMILES string of the molecule is COc1cccc2cc(/C=C(/CCC(=O)O)c3nc4ccccc4s3)oc12. The number of hydrogen-bond donors (Lipinski definition) is 1. The summed E-state index contributed by atoms with van der Waals surface area (Å²) in [5, 5.41) is 10.9. The Morgan fingerprint density at radius 2 is 2.07 bits per heavy atom. The molecular weight excluding hydrogens is 362 g/mol. The summed E-state index contributed by atoms with van der Waals surface area (Å²) < 4.78 is 12.4. The van der Waals surface area contributed by atoms with E-state index in [0.29, 0.717) is 23.5 Å². The summed E-state index contributed by atoms with van der Waals surface area (Å²) in [6, 6.07) is 15.5. The second-order valence-corrected chi connectivity index (χ2v) is 7.11. The minimum atomic E-state index is -0.840. The van der Waals surface area contributed by atoms with Crippen LogP contribution < -0.4 is 4.74 Å². The summed E-state index contributed by atoms with van der Waals surface area (Å²) in [5.74, 6) is 0.474. The molecule has 6 heteroatoms. The molecule has 0 unspecified atom stereocenters. The zero-order chi connectivity index (χ0) is 18.8. The normalized spacial score (nSPS) is 12.0. The van der Waals surface area contributed by atoms with E-state index in [1.807, 2.05) is 54.6 Å². The number of fused-ring (bicyclic) bond motifs is 2. The molecule has 0 spiro atoms. The maximum atomic E-state index is 11.1. The van der Waals surface area contributed by atoms with Crippen molar-refractivity contribution in [1.82, 2.24) is 4.98 Å². The first-order valence-corrected chi connectivity index (χ1v) is 9.30. The lowest BCUT2D eigenvalue weighted by molar-refractivity contribution is -0.136. The van der Waals surface area contributed by atoms with Crippen LogP contribution in [0.25, 0.3) is 32.8 Å². The lowest BCUT2D eigenvalue weighted by Crippen LogP contribution is -1.95. The van der Waals surface area contributed by atoms with E-state index < -0.39 is 5.97 Å². The first kappa shape index (κ1) is 17.3. The van der Waals surface area contributed by atoms with E-state index in [0.717, 1.165) is 26.2 Å². The van der Waals surface area contributed by atoms with Crippen molar-refractivity contribution >= 4 is 50.1 Å². The lowest BCUT2D eigenvalue weighted by Gasteiger charge is -2.01. The molecule has 0 aliphatic carbocycles. The lowest BCUT2D eigenvalue weighted by atomic mass is 10.1. The van der Waals surface area contributed by atoms with Crippen molar-refractivity contribution in [3.05, 3.63) is 59.3 Å². The highest BCUT2D eigenvalue weighted by molar-refractivity contribution is 7.19. The fraction of sp³-hybridized carbons (Fsp3) is 0.143. The zero-order valence-electron chi connectivity index (χ0n) is 14.6. The van der Waals surface area contributed by atoms with Gasteiger partial charge in [-0.2, -0.15) is 0 Å². The molecule has 0 aliphatic heterocycles. The average molecular weight is 379 g/mol. The van der Waals surface area contributed by atoms with Crippen molar-refractivity contribution < 1.29 is 19.1 Å². The Labute approximate surface area is 159 Å². The summed E-state index contributed by atoms with van der Waals surface area (Å²) in [5.41, 5.74) is 2.43. The molecule has 0 saturated heterocycles. The van der Waals surface area contributed by atoms with Crippen LogP contribution in [0.15, 0.2) is 52.9 Å². The average Bonchev–Trinajstić information content (AvgIpc) is 3.27. The smallest absolute Gasteiger partial charge is 0.303 e. The van der Waals surface area contributed by atoms with Gasteiger partial charge in [0.05, 0.1) is 17.3 Å². The monoisotopic (exact) mass is 379 g/mol. The highest BCUT2D eigenvalue weighted by Crippen LogP contribution is 2.34. The summed E-state index contributed by atoms with van der Waals surface area (Å²) in [4.78, 5) is 15.8. The number of aromatic nitrogens is 1. The van der Waals surface area contributed by atoms with Crippen LogP contribution in [-0.2, 0) is 4.79 Å². The number of allylic oxidation sites excluding steroid dienone is 1. The van der Waals surface area contributed by atoms with Crippen LogP contribution in [0.5, 0.6) is 5.75 Å². The number of ether oxygens (including phenoxy) is 1. The Kier molecular flexibility index (Phi) is 4.64. The first-order valence-electron chi connectivity index (χ1n) is 8.49. The number of para-hydroxylation sites is 2. The second kappa shape index (κ2) is 7.25. The topological polar surface area (TPSA) is 72.6 Å². The molecule has 5 nitrogen and oxygen atoms in total. The third-order valence-electron chi connectivity index (χ3n) is 4.24. The Morgan fingerprint density at radius 3 is 2.85 bits per heavy atom. The van der Waals surface area contributed by atoms with Gasteiger partial charge in [-0.1, -0.05) is 24.3 Å². The number of carboxylic acid groups (broad SMARTS) is 1. The van der Waals surface area contributed by atoms with Gasteiger partial charge in [-0.15, -0.1) is 11.3 Å². The number of furan rings is 1. The molecule has 4 aromatic rings. The highest BCUT2D eigenvalue weighted by atomic mass is 32.1. The van der Waals surface area contributed by atoms with Gasteiger partial charge in [0.25, 0.3) is 0 Å². The number of carbonyl (C=O) groups is 1. The Balaban J connectivity index is 1.79. The number of rotatable bonds is 6. The van der Waals surface area contributed by atoms with Crippen LogP contribution in [0.1, 0.15) is 23.6 Å². The van der Waals surface area contributed by atoms with E-state index in [1.54, 1.807) is 18.4 Å². The predicted octanol–water partition coefficient (Wildman–Crippen LogP) is 5.46. The molecule has 0 saturated carbocycles. The molecule has 136 valence electrons. The highest BCUT2D eigenvalue weighted by Gasteiger charge is 2.13. The second-order valence-electron chi connectivity index (χ2n) is 6.08. The molecule has 0 bridgehead atoms. The van der Waals surface area contributed by atoms with Gasteiger partial charge < -0.3 is 14.3 Å². The van der Waals surface area contributed by atoms with Crippen LogP contribution >= 0.6 is 11.3 Å². The molecule has 0 fully saturated rings. The van der Waals surface area contributed by atoms with Crippen LogP contribution in [-0.4, -0.2) is 23.2 Å². The van der Waals surface area contributed by atoms with Crippen molar-refractivity contribution in [3.63, 3.8) is 0 Å². The summed E-state index contributed by atoms with van der Waals surface area (Å²) in [6.45, 7) is 0. The number of methoxy groups -OCH3 is 1. The molecule has 0 aliphatic rings. The molecule has 2 aromatic heterocycles. The van der Waals surface area contributed by atoms with E-state index in [9.17, 15) is 4.79 Å². The largest absolute Gasteiger partial charge is 0.493 e. The maximum Gasteiger partial charge on any atom is 0.303 e. The number of thiazole rings is 1. The van der Waals surface area contributed by atoms with Crippen molar-refractivity contribution in [3.8, 4) is 5.75 Å². The van der Waals surface area contributed by atoms with Gasteiger partial charge >= 0.3 is 5.97 Å². The van der Waals surface area contributed by atoms with E-state index in [-0.39, 0.29) is 6.42 Å². The number of aliphatic carboxylic acids is 1. The maximum absolute atomic E-state index is 11.1. The van der Waals surface area contributed by atoms with Gasteiger partial charge in [-0.3, -0.25) is 4.79 Å². The van der Waals surface area contributed by atoms with Crippen molar-refractivity contribution in [1.29, 1.82) is 0 Å². The minimum Gasteiger partial charge on any atom is -0.493 e. The Hall–Kier alpha value is -3.12. The van der Waals surface area contributed by atoms with E-state index >= 15 is 0 Å². The molecule has 27 heavy (non-hydrogen) atoms. The van der Waals surface area contributed by atoms with Gasteiger partial charge in [0.15, 0.2) is 11.3 Å². The quantitative estimate of drug-likeness (QED) is 0.482.